The Balaban J connectivity index is 0.000000551. The van der Waals surface area contributed by atoms with Gasteiger partial charge in [-0.25, -0.2) is 0 Å². The van der Waals surface area contributed by atoms with E-state index in [1.54, 1.807) is 18.4 Å². The van der Waals surface area contributed by atoms with E-state index in [1.807, 2.05) is 12.1 Å². The summed E-state index contributed by atoms with van der Waals surface area (Å²) in [5.74, 6) is 4.69. The molecule has 0 aliphatic carbocycles. The van der Waals surface area contributed by atoms with Crippen molar-refractivity contribution in [1.82, 2.24) is 15.1 Å². The summed E-state index contributed by atoms with van der Waals surface area (Å²) in [6, 6.07) is 13.8. The van der Waals surface area contributed by atoms with Crippen LogP contribution in [0.5, 0.6) is 0 Å². The summed E-state index contributed by atoms with van der Waals surface area (Å²) < 4.78 is 33.9. The van der Waals surface area contributed by atoms with Crippen molar-refractivity contribution in [2.24, 2.45) is 5.73 Å². The summed E-state index contributed by atoms with van der Waals surface area (Å²) >= 11 is 15.5. The number of nitrogens with two attached hydrogens (primary N) is 1. The molecule has 226 valence electrons. The number of piperidine rings is 1. The monoisotopic (exact) mass is 632 g/mol. The van der Waals surface area contributed by atoms with Crippen molar-refractivity contribution in [3.05, 3.63) is 69.2 Å². The number of carbonyl (C=O) groups is 2. The average Bonchev–Trinajstić information content (AvgIpc) is 2.95. The zero-order valence-electron chi connectivity index (χ0n) is 23.6. The second kappa shape index (κ2) is 17.5. The first-order valence-corrected chi connectivity index (χ1v) is 14.4. The van der Waals surface area contributed by atoms with Gasteiger partial charge in [0.1, 0.15) is 0 Å². The third-order valence-electron chi connectivity index (χ3n) is 6.33. The number of alkyl halides is 3. The lowest BCUT2D eigenvalue weighted by atomic mass is 9.75. The second-order valence-corrected chi connectivity index (χ2v) is 10.00. The number of hydrogen-bond acceptors (Lipinski definition) is 5. The Bertz CT molecular complexity index is 1210. The van der Waals surface area contributed by atoms with Gasteiger partial charge in [-0.05, 0) is 55.5 Å². The van der Waals surface area contributed by atoms with Gasteiger partial charge < -0.3 is 20.9 Å². The molecule has 2 aliphatic rings. The molecule has 12 heteroatoms. The lowest BCUT2D eigenvalue weighted by Crippen LogP contribution is -2.56. The Hall–Kier alpha value is -2.42. The molecule has 0 radical (unpaired) electrons. The predicted molar refractivity (Wildman–Crippen MR) is 163 cm³/mol. The molecule has 3 N–H and O–H groups in total. The molecule has 41 heavy (non-hydrogen) atoms. The Morgan fingerprint density at radius 3 is 2.24 bits per heavy atom. The molecule has 0 saturated carbocycles. The number of nitrogens with zero attached hydrogens (tertiary/aromatic N) is 2. The Kier molecular flexibility index (Phi) is 15.6. The topological polar surface area (TPSA) is 78.7 Å². The summed E-state index contributed by atoms with van der Waals surface area (Å²) in [6.07, 6.45) is 0.136. The molecular formula is C29H37Cl2F3N4O2S. The minimum Gasteiger partial charge on any atom is -0.346 e. The number of amides is 2. The predicted octanol–water partition coefficient (Wildman–Crippen LogP) is 5.16. The van der Waals surface area contributed by atoms with Crippen molar-refractivity contribution in [2.45, 2.75) is 37.4 Å². The molecule has 0 bridgehead atoms. The Morgan fingerprint density at radius 2 is 1.71 bits per heavy atom. The number of benzene rings is 2. The van der Waals surface area contributed by atoms with Crippen molar-refractivity contribution in [3.63, 3.8) is 0 Å². The molecule has 1 saturated heterocycles. The fourth-order valence-corrected chi connectivity index (χ4v) is 4.75. The quantitative estimate of drug-likeness (QED) is 0.316. The molecule has 2 aromatic carbocycles. The van der Waals surface area contributed by atoms with Crippen molar-refractivity contribution in [2.75, 3.05) is 47.0 Å². The zero-order valence-corrected chi connectivity index (χ0v) is 26.0. The van der Waals surface area contributed by atoms with Crippen LogP contribution in [0.15, 0.2) is 42.5 Å². The van der Waals surface area contributed by atoms with E-state index in [4.69, 9.17) is 23.2 Å². The molecule has 2 aliphatic heterocycles. The maximum atomic E-state index is 12.2. The van der Waals surface area contributed by atoms with Gasteiger partial charge in [-0.15, -0.1) is 0 Å². The SMILES string of the molecule is CN.CN(C)C(=O)C(F)(F)F.CS.O=C1Cc2ccccc2C2(CCN(CCC#Cc3ccc(Cl)c(Cl)c3)CC2)N1. The van der Waals surface area contributed by atoms with E-state index in [9.17, 15) is 22.8 Å². The number of carbonyl (C=O) groups excluding carboxylic acids is 2. The van der Waals surface area contributed by atoms with Crippen molar-refractivity contribution >= 4 is 47.6 Å². The van der Waals surface area contributed by atoms with Gasteiger partial charge in [0, 0.05) is 45.7 Å². The molecule has 6 nitrogen and oxygen atoms in total. The first kappa shape index (κ1) is 36.6. The number of likely N-dealkylation sites (tertiary alicyclic amines) is 1. The maximum Gasteiger partial charge on any atom is 0.471 e. The summed E-state index contributed by atoms with van der Waals surface area (Å²) in [5.41, 5.74) is 7.66. The van der Waals surface area contributed by atoms with Gasteiger partial charge in [0.25, 0.3) is 0 Å². The van der Waals surface area contributed by atoms with Crippen LogP contribution in [0.3, 0.4) is 0 Å². The van der Waals surface area contributed by atoms with Crippen LogP contribution in [0.1, 0.15) is 36.0 Å². The zero-order chi connectivity index (χ0) is 31.2. The summed E-state index contributed by atoms with van der Waals surface area (Å²) in [7, 11) is 3.60. The number of hydrogen-bond donors (Lipinski definition) is 3. The van der Waals surface area contributed by atoms with Crippen LogP contribution in [-0.4, -0.2) is 74.8 Å². The van der Waals surface area contributed by atoms with Crippen molar-refractivity contribution < 1.29 is 22.8 Å². The first-order valence-electron chi connectivity index (χ1n) is 12.8. The van der Waals surface area contributed by atoms with Gasteiger partial charge in [-0.1, -0.05) is 59.3 Å². The van der Waals surface area contributed by atoms with Gasteiger partial charge in [0.2, 0.25) is 5.91 Å². The number of rotatable bonds is 2. The third-order valence-corrected chi connectivity index (χ3v) is 7.07. The Morgan fingerprint density at radius 1 is 1.10 bits per heavy atom. The van der Waals surface area contributed by atoms with Gasteiger partial charge in [-0.3, -0.25) is 9.59 Å². The van der Waals surface area contributed by atoms with E-state index in [0.717, 1.165) is 58.6 Å². The van der Waals surface area contributed by atoms with Crippen LogP contribution in [-0.2, 0) is 21.5 Å². The summed E-state index contributed by atoms with van der Waals surface area (Å²) in [4.78, 5) is 25.1. The first-order chi connectivity index (χ1) is 19.4. The fourth-order valence-electron chi connectivity index (χ4n) is 4.45. The highest BCUT2D eigenvalue weighted by Crippen LogP contribution is 2.37. The number of halogens is 5. The van der Waals surface area contributed by atoms with E-state index >= 15 is 0 Å². The van der Waals surface area contributed by atoms with Gasteiger partial charge in [0.15, 0.2) is 0 Å². The molecule has 2 heterocycles. The van der Waals surface area contributed by atoms with E-state index < -0.39 is 12.1 Å². The van der Waals surface area contributed by atoms with Crippen LogP contribution in [0.4, 0.5) is 13.2 Å². The standard InChI is InChI=1S/C23H22Cl2N2O.C4H6F3NO.CH5N.CH4S/c24-20-9-8-17(15-21(20)25)5-3-4-12-27-13-10-23(11-14-27)19-7-2-1-6-18(19)16-22(28)26-23;1-8(2)3(9)4(5,6)7;2*1-2/h1-2,6-9,15H,4,10-14,16H2,(H,26,28);1-2H3;2H2,1H3;2H,1H3. The number of fused-ring (bicyclic) bond motifs is 2. The van der Waals surface area contributed by atoms with Gasteiger partial charge >= 0.3 is 12.1 Å². The minimum absolute atomic E-state index is 0.139. The third kappa shape index (κ3) is 11.1. The lowest BCUT2D eigenvalue weighted by Gasteiger charge is -2.45. The molecule has 2 amide bonds. The summed E-state index contributed by atoms with van der Waals surface area (Å²) in [5, 5.41) is 4.37. The maximum absolute atomic E-state index is 12.2. The molecule has 0 atom stereocenters. The number of nitrogens with one attached hydrogen (secondary N) is 1. The molecule has 0 unspecified atom stereocenters. The van der Waals surface area contributed by atoms with E-state index in [0.29, 0.717) is 21.4 Å². The molecule has 1 fully saturated rings. The second-order valence-electron chi connectivity index (χ2n) is 9.18. The van der Waals surface area contributed by atoms with Crippen LogP contribution in [0.25, 0.3) is 0 Å². The normalized spacial score (nSPS) is 15.1. The molecule has 1 spiro atoms. The molecule has 2 aromatic rings. The van der Waals surface area contributed by atoms with Crippen molar-refractivity contribution in [3.8, 4) is 11.8 Å². The van der Waals surface area contributed by atoms with Crippen LogP contribution in [0, 0.1) is 11.8 Å². The van der Waals surface area contributed by atoms with Crippen molar-refractivity contribution in [1.29, 1.82) is 0 Å². The Labute approximate surface area is 256 Å². The highest BCUT2D eigenvalue weighted by atomic mass is 35.5. The van der Waals surface area contributed by atoms with E-state index in [-0.39, 0.29) is 11.4 Å². The highest BCUT2D eigenvalue weighted by Gasteiger charge is 2.41. The fraction of sp³-hybridized carbons (Fsp3) is 0.448. The largest absolute Gasteiger partial charge is 0.471 e. The van der Waals surface area contributed by atoms with Crippen LogP contribution < -0.4 is 11.1 Å². The molecular weight excluding hydrogens is 596 g/mol. The number of thiol groups is 1. The lowest BCUT2D eigenvalue weighted by molar-refractivity contribution is -0.182. The van der Waals surface area contributed by atoms with Crippen LogP contribution in [0.2, 0.25) is 10.0 Å². The van der Waals surface area contributed by atoms with Gasteiger partial charge in [-0.2, -0.15) is 25.8 Å². The summed E-state index contributed by atoms with van der Waals surface area (Å²) in [6.45, 7) is 2.85. The molecule has 4 rings (SSSR count). The minimum atomic E-state index is -4.73. The smallest absolute Gasteiger partial charge is 0.346 e. The molecule has 0 aromatic heterocycles. The highest BCUT2D eigenvalue weighted by molar-refractivity contribution is 7.79. The average molecular weight is 634 g/mol. The van der Waals surface area contributed by atoms with E-state index in [1.165, 1.54) is 18.2 Å². The van der Waals surface area contributed by atoms with Gasteiger partial charge in [0.05, 0.1) is 22.0 Å². The van der Waals surface area contributed by atoms with Crippen LogP contribution >= 0.6 is 35.8 Å². The van der Waals surface area contributed by atoms with E-state index in [2.05, 4.69) is 58.6 Å².